The number of aliphatic imine (C=N–C) groups is 2. The van der Waals surface area contributed by atoms with E-state index in [1.54, 1.807) is 12.4 Å². The molecule has 4 aromatic rings. The van der Waals surface area contributed by atoms with Crippen LogP contribution in [0.4, 0.5) is 0 Å². The average Bonchev–Trinajstić information content (AvgIpc) is 3.88. The van der Waals surface area contributed by atoms with Gasteiger partial charge in [0.05, 0.1) is 6.04 Å². The first-order valence-electron chi connectivity index (χ1n) is 22.5. The van der Waals surface area contributed by atoms with Gasteiger partial charge in [0.1, 0.15) is 30.2 Å². The third-order valence-electron chi connectivity index (χ3n) is 11.0. The highest BCUT2D eigenvalue weighted by molar-refractivity contribution is 5.97. The van der Waals surface area contributed by atoms with Crippen LogP contribution in [0, 0.1) is 11.8 Å². The number of nitrogens with one attached hydrogen (secondary N) is 7. The van der Waals surface area contributed by atoms with Gasteiger partial charge in [-0.05, 0) is 73.6 Å². The molecule has 0 spiro atoms. The molecular formula is C46H68N14O7. The van der Waals surface area contributed by atoms with Crippen molar-refractivity contribution in [2.45, 2.75) is 115 Å². The lowest BCUT2D eigenvalue weighted by molar-refractivity contribution is -0.142. The molecule has 0 aliphatic heterocycles. The molecule has 21 nitrogen and oxygen atoms in total. The Morgan fingerprint density at radius 2 is 0.940 bits per heavy atom. The minimum atomic E-state index is -1.33. The summed E-state index contributed by atoms with van der Waals surface area (Å²) in [6, 6.07) is 7.69. The van der Waals surface area contributed by atoms with Crippen molar-refractivity contribution >= 4 is 69.2 Å². The van der Waals surface area contributed by atoms with Crippen LogP contribution in [0.1, 0.15) is 77.3 Å². The maximum Gasteiger partial charge on any atom is 0.326 e. The van der Waals surface area contributed by atoms with Crippen molar-refractivity contribution in [1.82, 2.24) is 36.6 Å². The molecule has 6 atom stereocenters. The molecule has 4 rings (SSSR count). The predicted molar refractivity (Wildman–Crippen MR) is 258 cm³/mol. The number of nitrogens with zero attached hydrogens (tertiary/aromatic N) is 2. The van der Waals surface area contributed by atoms with Crippen molar-refractivity contribution in [3.8, 4) is 0 Å². The van der Waals surface area contributed by atoms with Crippen LogP contribution in [0.25, 0.3) is 21.8 Å². The number of aliphatic carboxylic acids is 1. The number of fused-ring (bicyclic) bond motifs is 2. The lowest BCUT2D eigenvalue weighted by Crippen LogP contribution is -2.60. The van der Waals surface area contributed by atoms with Crippen molar-refractivity contribution in [2.75, 3.05) is 13.1 Å². The summed E-state index contributed by atoms with van der Waals surface area (Å²) in [5.74, 6) is -5.15. The highest BCUT2D eigenvalue weighted by Gasteiger charge is 2.34. The third-order valence-corrected chi connectivity index (χ3v) is 11.0. The van der Waals surface area contributed by atoms with E-state index >= 15 is 0 Å². The van der Waals surface area contributed by atoms with E-state index in [1.807, 2.05) is 76.2 Å². The smallest absolute Gasteiger partial charge is 0.326 e. The maximum atomic E-state index is 14.5. The molecule has 0 unspecified atom stereocenters. The van der Waals surface area contributed by atoms with Crippen LogP contribution >= 0.6 is 0 Å². The minimum Gasteiger partial charge on any atom is -0.480 e. The molecule has 5 amide bonds. The van der Waals surface area contributed by atoms with Gasteiger partial charge >= 0.3 is 5.97 Å². The van der Waals surface area contributed by atoms with E-state index in [1.165, 1.54) is 0 Å². The number of rotatable bonds is 27. The second-order valence-electron chi connectivity index (χ2n) is 17.5. The Bertz CT molecular complexity index is 2370. The summed E-state index contributed by atoms with van der Waals surface area (Å²) in [4.78, 5) is 96.9. The Balaban J connectivity index is 1.59. The molecule has 21 heteroatoms. The fourth-order valence-corrected chi connectivity index (χ4v) is 7.65. The van der Waals surface area contributed by atoms with E-state index in [0.29, 0.717) is 17.5 Å². The van der Waals surface area contributed by atoms with Gasteiger partial charge in [0.15, 0.2) is 11.9 Å². The van der Waals surface area contributed by atoms with Crippen molar-refractivity contribution in [3.63, 3.8) is 0 Å². The molecule has 18 N–H and O–H groups in total. The predicted octanol–water partition coefficient (Wildman–Crippen LogP) is 0.470. The lowest BCUT2D eigenvalue weighted by atomic mass is 9.98. The van der Waals surface area contributed by atoms with E-state index in [-0.39, 0.29) is 81.8 Å². The van der Waals surface area contributed by atoms with Crippen LogP contribution in [-0.4, -0.2) is 112 Å². The first kappa shape index (κ1) is 52.5. The number of guanidine groups is 2. The summed E-state index contributed by atoms with van der Waals surface area (Å²) in [5.41, 5.74) is 30.9. The standard InChI is InChI=1S/C46H68N14O7/c1-25(2)19-35(57-40(62)34(16-10-18-53-46(50)51)56-39(61)31(47)13-9-17-52-45(48)49)41(63)59-37(21-27-23-54-32-14-7-5-11-29(27)32)43(65)58-36(20-26(3)4)42(64)60-38(44(66)67)22-28-24-55-33-15-8-6-12-30(28)33/h5-8,11-12,14-15,23-26,31,34-38,54-55H,9-10,13,16-22,47H2,1-4H3,(H,56,61)(H,57,62)(H,58,65)(H,59,63)(H,60,64)(H,66,67)(H4,48,49,52)(H4,50,51,53)/t31-,34+,35-,36-,37+,38+/m1/s1. The van der Waals surface area contributed by atoms with Crippen LogP contribution in [0.2, 0.25) is 0 Å². The number of hydrogen-bond donors (Lipinski definition) is 13. The Labute approximate surface area is 389 Å². The monoisotopic (exact) mass is 929 g/mol. The van der Waals surface area contributed by atoms with Crippen LogP contribution in [0.5, 0.6) is 0 Å². The zero-order chi connectivity index (χ0) is 49.2. The number of carboxylic acid groups (broad SMARTS) is 1. The number of amides is 5. The van der Waals surface area contributed by atoms with E-state index in [9.17, 15) is 33.9 Å². The molecule has 67 heavy (non-hydrogen) atoms. The summed E-state index contributed by atoms with van der Waals surface area (Å²) in [5, 5.41) is 25.6. The zero-order valence-corrected chi connectivity index (χ0v) is 38.6. The first-order chi connectivity index (χ1) is 31.8. The normalized spacial score (nSPS) is 14.0. The number of H-pyrrole nitrogens is 2. The van der Waals surface area contributed by atoms with Crippen molar-refractivity contribution in [3.05, 3.63) is 72.1 Å². The Hall–Kier alpha value is -7.16. The number of para-hydroxylation sites is 2. The molecule has 0 bridgehead atoms. The molecule has 0 fully saturated rings. The number of benzene rings is 2. The number of carbonyl (C=O) groups is 6. The van der Waals surface area contributed by atoms with Gasteiger partial charge in [-0.2, -0.15) is 0 Å². The quantitative estimate of drug-likeness (QED) is 0.0221. The van der Waals surface area contributed by atoms with Crippen LogP contribution in [0.15, 0.2) is 70.9 Å². The molecule has 0 saturated heterocycles. The molecule has 2 heterocycles. The van der Waals surface area contributed by atoms with Crippen LogP contribution in [-0.2, 0) is 41.6 Å². The summed E-state index contributed by atoms with van der Waals surface area (Å²) in [6.45, 7) is 7.84. The lowest BCUT2D eigenvalue weighted by Gasteiger charge is -2.28. The molecule has 364 valence electrons. The molecule has 0 aliphatic rings. The molecular weight excluding hydrogens is 861 g/mol. The molecule has 2 aromatic carbocycles. The maximum absolute atomic E-state index is 14.5. The van der Waals surface area contributed by atoms with E-state index in [0.717, 1.165) is 21.8 Å². The van der Waals surface area contributed by atoms with E-state index < -0.39 is 71.8 Å². The van der Waals surface area contributed by atoms with Crippen molar-refractivity contribution in [1.29, 1.82) is 0 Å². The van der Waals surface area contributed by atoms with Gasteiger partial charge in [-0.1, -0.05) is 64.1 Å². The molecule has 0 radical (unpaired) electrons. The van der Waals surface area contributed by atoms with Crippen molar-refractivity contribution < 1.29 is 33.9 Å². The number of nitrogens with two attached hydrogens (primary N) is 5. The SMILES string of the molecule is CC(C)C[C@@H](NC(=O)[C@H](Cc1c[nH]c2ccccc12)NC(=O)[C@@H](CC(C)C)NC(=O)[C@H](CCCN=C(N)N)NC(=O)[C@H](N)CCCN=C(N)N)C(=O)N[C@@H](Cc1c[nH]c2ccccc12)C(=O)O. The second kappa shape index (κ2) is 25.5. The van der Waals surface area contributed by atoms with Gasteiger partial charge in [0, 0.05) is 60.1 Å². The largest absolute Gasteiger partial charge is 0.480 e. The van der Waals surface area contributed by atoms with Gasteiger partial charge in [-0.15, -0.1) is 0 Å². The van der Waals surface area contributed by atoms with E-state index in [4.69, 9.17) is 28.7 Å². The third kappa shape index (κ3) is 16.7. The highest BCUT2D eigenvalue weighted by Crippen LogP contribution is 2.21. The minimum absolute atomic E-state index is 0.0239. The topological polar surface area (TPSA) is 369 Å². The van der Waals surface area contributed by atoms with Gasteiger partial charge < -0.3 is 70.3 Å². The van der Waals surface area contributed by atoms with Gasteiger partial charge in [0.2, 0.25) is 29.5 Å². The molecule has 0 aliphatic carbocycles. The van der Waals surface area contributed by atoms with Crippen molar-refractivity contribution in [2.24, 2.45) is 50.5 Å². The fraction of sp³-hybridized carbons (Fsp3) is 0.478. The summed E-state index contributed by atoms with van der Waals surface area (Å²) < 4.78 is 0. The summed E-state index contributed by atoms with van der Waals surface area (Å²) in [7, 11) is 0. The first-order valence-corrected chi connectivity index (χ1v) is 22.5. The Morgan fingerprint density at radius 3 is 1.40 bits per heavy atom. The van der Waals surface area contributed by atoms with Gasteiger partial charge in [-0.3, -0.25) is 34.0 Å². The Morgan fingerprint density at radius 1 is 0.552 bits per heavy atom. The number of carboxylic acids is 1. The van der Waals surface area contributed by atoms with E-state index in [2.05, 4.69) is 46.5 Å². The van der Waals surface area contributed by atoms with Gasteiger partial charge in [0.25, 0.3) is 0 Å². The van der Waals surface area contributed by atoms with Crippen LogP contribution < -0.4 is 55.3 Å². The molecule has 0 saturated carbocycles. The summed E-state index contributed by atoms with van der Waals surface area (Å²) in [6.07, 6.45) is 4.65. The van der Waals surface area contributed by atoms with Crippen LogP contribution in [0.3, 0.4) is 0 Å². The highest BCUT2D eigenvalue weighted by atomic mass is 16.4. The fourth-order valence-electron chi connectivity index (χ4n) is 7.65. The number of aromatic nitrogens is 2. The van der Waals surface area contributed by atoms with Gasteiger partial charge in [-0.25, -0.2) is 4.79 Å². The number of aromatic amines is 2. The second-order valence-corrected chi connectivity index (χ2v) is 17.5. The average molecular weight is 929 g/mol. The number of hydrogen-bond acceptors (Lipinski definition) is 9. The number of carbonyl (C=O) groups excluding carboxylic acids is 5. The Kier molecular flexibility index (Phi) is 20.0. The molecule has 2 aromatic heterocycles. The zero-order valence-electron chi connectivity index (χ0n) is 38.6. The summed E-state index contributed by atoms with van der Waals surface area (Å²) >= 11 is 0.